The number of aliphatic carboxylic acids is 1. The molecule has 1 aromatic heterocycles. The van der Waals surface area contributed by atoms with Gasteiger partial charge in [0.15, 0.2) is 0 Å². The van der Waals surface area contributed by atoms with Crippen molar-refractivity contribution >= 4 is 22.8 Å². The van der Waals surface area contributed by atoms with E-state index in [0.717, 1.165) is 5.39 Å². The minimum absolute atomic E-state index is 0.105. The van der Waals surface area contributed by atoms with Gasteiger partial charge in [-0.2, -0.15) is 0 Å². The van der Waals surface area contributed by atoms with Gasteiger partial charge in [0.05, 0.1) is 11.0 Å². The number of rotatable bonds is 6. The third-order valence-electron chi connectivity index (χ3n) is 4.12. The molecule has 0 bridgehead atoms. The van der Waals surface area contributed by atoms with E-state index in [4.69, 9.17) is 4.42 Å². The molecule has 0 atom stereocenters. The number of hydrogen-bond donors (Lipinski definition) is 2. The smallest absolute Gasteiger partial charge is 0.311 e. The molecule has 2 N–H and O–H groups in total. The second-order valence-corrected chi connectivity index (χ2v) is 5.12. The highest BCUT2D eigenvalue weighted by Gasteiger charge is 2.35. The van der Waals surface area contributed by atoms with E-state index in [1.807, 2.05) is 26.0 Å². The minimum atomic E-state index is -0.921. The monoisotopic (exact) mass is 289 g/mol. The van der Waals surface area contributed by atoms with Crippen molar-refractivity contribution < 1.29 is 19.1 Å². The van der Waals surface area contributed by atoms with Crippen LogP contribution < -0.4 is 5.32 Å². The number of nitrogens with one attached hydrogen (secondary N) is 1. The van der Waals surface area contributed by atoms with Crippen LogP contribution in [0.1, 0.15) is 37.0 Å². The Kier molecular flexibility index (Phi) is 4.31. The molecule has 0 aliphatic rings. The van der Waals surface area contributed by atoms with Crippen LogP contribution in [-0.2, 0) is 4.79 Å². The third kappa shape index (κ3) is 2.77. The summed E-state index contributed by atoms with van der Waals surface area (Å²) in [4.78, 5) is 23.7. The van der Waals surface area contributed by atoms with Gasteiger partial charge < -0.3 is 14.8 Å². The molecule has 21 heavy (non-hydrogen) atoms. The second-order valence-electron chi connectivity index (χ2n) is 5.12. The van der Waals surface area contributed by atoms with Crippen LogP contribution in [0.3, 0.4) is 0 Å². The van der Waals surface area contributed by atoms with Crippen LogP contribution in [-0.4, -0.2) is 23.5 Å². The Labute approximate surface area is 122 Å². The van der Waals surface area contributed by atoms with Gasteiger partial charge in [0.1, 0.15) is 11.8 Å². The first-order valence-electron chi connectivity index (χ1n) is 7.02. The molecule has 0 aliphatic carbocycles. The zero-order valence-electron chi connectivity index (χ0n) is 12.2. The molecule has 0 unspecified atom stereocenters. The molecule has 5 nitrogen and oxygen atoms in total. The number of carbonyl (C=O) groups is 2. The van der Waals surface area contributed by atoms with Crippen molar-refractivity contribution in [2.75, 3.05) is 6.54 Å². The van der Waals surface area contributed by atoms with Crippen LogP contribution >= 0.6 is 0 Å². The van der Waals surface area contributed by atoms with Crippen molar-refractivity contribution in [1.29, 1.82) is 0 Å². The lowest BCUT2D eigenvalue weighted by Gasteiger charge is -2.26. The highest BCUT2D eigenvalue weighted by Crippen LogP contribution is 2.26. The Morgan fingerprint density at radius 2 is 1.90 bits per heavy atom. The van der Waals surface area contributed by atoms with Gasteiger partial charge >= 0.3 is 5.97 Å². The highest BCUT2D eigenvalue weighted by molar-refractivity contribution is 6.06. The fourth-order valence-electron chi connectivity index (χ4n) is 2.38. The summed E-state index contributed by atoms with van der Waals surface area (Å²) in [6.07, 6.45) is 2.33. The first kappa shape index (κ1) is 15.1. The van der Waals surface area contributed by atoms with E-state index in [1.165, 1.54) is 6.26 Å². The SMILES string of the molecule is CCC(CC)(CNC(=O)c1coc2ccccc12)C(=O)O. The summed E-state index contributed by atoms with van der Waals surface area (Å²) in [5.74, 6) is -1.20. The molecular weight excluding hydrogens is 270 g/mol. The molecule has 0 aliphatic heterocycles. The number of carbonyl (C=O) groups excluding carboxylic acids is 1. The van der Waals surface area contributed by atoms with E-state index < -0.39 is 11.4 Å². The van der Waals surface area contributed by atoms with Crippen molar-refractivity contribution in [2.24, 2.45) is 5.41 Å². The first-order valence-corrected chi connectivity index (χ1v) is 7.02. The first-order chi connectivity index (χ1) is 10.0. The molecule has 112 valence electrons. The van der Waals surface area contributed by atoms with Gasteiger partial charge in [0, 0.05) is 11.9 Å². The van der Waals surface area contributed by atoms with Gasteiger partial charge in [-0.1, -0.05) is 32.0 Å². The Morgan fingerprint density at radius 3 is 2.52 bits per heavy atom. The minimum Gasteiger partial charge on any atom is -0.481 e. The summed E-state index contributed by atoms with van der Waals surface area (Å²) in [6, 6.07) is 7.25. The average molecular weight is 289 g/mol. The number of furan rings is 1. The largest absolute Gasteiger partial charge is 0.481 e. The number of carboxylic acid groups (broad SMARTS) is 1. The Bertz CT molecular complexity index is 655. The standard InChI is InChI=1S/C16H19NO4/c1-3-16(4-2,15(19)20)10-17-14(18)12-9-21-13-8-6-5-7-11(12)13/h5-9H,3-4,10H2,1-2H3,(H,17,18)(H,19,20). The lowest BCUT2D eigenvalue weighted by Crippen LogP contribution is -2.42. The van der Waals surface area contributed by atoms with E-state index in [-0.39, 0.29) is 12.5 Å². The van der Waals surface area contributed by atoms with Gasteiger partial charge in [-0.25, -0.2) is 0 Å². The fourth-order valence-corrected chi connectivity index (χ4v) is 2.38. The van der Waals surface area contributed by atoms with Crippen LogP contribution in [0.2, 0.25) is 0 Å². The lowest BCUT2D eigenvalue weighted by atomic mass is 9.82. The van der Waals surface area contributed by atoms with Crippen molar-refractivity contribution in [1.82, 2.24) is 5.32 Å². The summed E-state index contributed by atoms with van der Waals surface area (Å²) >= 11 is 0. The predicted octanol–water partition coefficient (Wildman–Crippen LogP) is 3.05. The topological polar surface area (TPSA) is 79.5 Å². The maximum absolute atomic E-state index is 12.3. The Balaban J connectivity index is 2.17. The normalized spacial score (nSPS) is 11.5. The van der Waals surface area contributed by atoms with Crippen molar-refractivity contribution in [3.05, 3.63) is 36.1 Å². The Morgan fingerprint density at radius 1 is 1.24 bits per heavy atom. The summed E-state index contributed by atoms with van der Waals surface area (Å²) in [6.45, 7) is 3.74. The van der Waals surface area contributed by atoms with Gasteiger partial charge in [-0.3, -0.25) is 9.59 Å². The van der Waals surface area contributed by atoms with Crippen molar-refractivity contribution in [2.45, 2.75) is 26.7 Å². The number of para-hydroxylation sites is 1. The van der Waals surface area contributed by atoms with Crippen LogP contribution in [0, 0.1) is 5.41 Å². The molecule has 2 aromatic rings. The Hall–Kier alpha value is -2.30. The van der Waals surface area contributed by atoms with E-state index in [1.54, 1.807) is 12.1 Å². The van der Waals surface area contributed by atoms with Crippen LogP contribution in [0.4, 0.5) is 0 Å². The third-order valence-corrected chi connectivity index (χ3v) is 4.12. The molecule has 1 aromatic carbocycles. The molecule has 1 amide bonds. The second kappa shape index (κ2) is 5.99. The number of benzene rings is 1. The van der Waals surface area contributed by atoms with Gasteiger partial charge in [0.2, 0.25) is 0 Å². The molecule has 1 heterocycles. The molecule has 0 spiro atoms. The van der Waals surface area contributed by atoms with Crippen molar-refractivity contribution in [3.8, 4) is 0 Å². The molecule has 5 heteroatoms. The summed E-state index contributed by atoms with van der Waals surface area (Å²) < 4.78 is 5.33. The zero-order chi connectivity index (χ0) is 15.5. The van der Waals surface area contributed by atoms with Crippen LogP contribution in [0.25, 0.3) is 11.0 Å². The summed E-state index contributed by atoms with van der Waals surface area (Å²) in [7, 11) is 0. The number of amides is 1. The average Bonchev–Trinajstić information content (AvgIpc) is 2.92. The molecule has 0 saturated carbocycles. The maximum Gasteiger partial charge on any atom is 0.311 e. The van der Waals surface area contributed by atoms with E-state index in [2.05, 4.69) is 5.32 Å². The lowest BCUT2D eigenvalue weighted by molar-refractivity contribution is -0.149. The number of carboxylic acids is 1. The molecule has 2 rings (SSSR count). The zero-order valence-corrected chi connectivity index (χ0v) is 12.2. The molecule has 0 saturated heterocycles. The molecule has 0 radical (unpaired) electrons. The fraction of sp³-hybridized carbons (Fsp3) is 0.375. The molecule has 0 fully saturated rings. The molecular formula is C16H19NO4. The van der Waals surface area contributed by atoms with Gasteiger partial charge in [0.25, 0.3) is 5.91 Å². The predicted molar refractivity (Wildman–Crippen MR) is 79.2 cm³/mol. The van der Waals surface area contributed by atoms with Crippen LogP contribution in [0.5, 0.6) is 0 Å². The van der Waals surface area contributed by atoms with E-state index >= 15 is 0 Å². The van der Waals surface area contributed by atoms with Gasteiger partial charge in [-0.15, -0.1) is 0 Å². The highest BCUT2D eigenvalue weighted by atomic mass is 16.4. The summed E-state index contributed by atoms with van der Waals surface area (Å²) in [5.41, 5.74) is 0.144. The van der Waals surface area contributed by atoms with Crippen LogP contribution in [0.15, 0.2) is 34.9 Å². The quantitative estimate of drug-likeness (QED) is 0.856. The summed E-state index contributed by atoms with van der Waals surface area (Å²) in [5, 5.41) is 12.8. The number of hydrogen-bond acceptors (Lipinski definition) is 3. The van der Waals surface area contributed by atoms with Gasteiger partial charge in [-0.05, 0) is 18.9 Å². The van der Waals surface area contributed by atoms with E-state index in [9.17, 15) is 14.7 Å². The van der Waals surface area contributed by atoms with Crippen molar-refractivity contribution in [3.63, 3.8) is 0 Å². The van der Waals surface area contributed by atoms with E-state index in [0.29, 0.717) is 24.0 Å². The number of fused-ring (bicyclic) bond motifs is 1. The maximum atomic E-state index is 12.3.